The van der Waals surface area contributed by atoms with Gasteiger partial charge in [-0.1, -0.05) is 66.5 Å². The maximum atomic E-state index is 10.8. The average molecular weight is 378 g/mol. The van der Waals surface area contributed by atoms with Crippen molar-refractivity contribution in [2.24, 2.45) is 5.92 Å². The Hall–Kier alpha value is -1.06. The summed E-state index contributed by atoms with van der Waals surface area (Å²) in [5, 5.41) is 11.9. The van der Waals surface area contributed by atoms with E-state index in [1.807, 2.05) is 19.1 Å². The Morgan fingerprint density at radius 2 is 1.72 bits per heavy atom. The molecule has 0 saturated carbocycles. The summed E-state index contributed by atoms with van der Waals surface area (Å²) in [5.74, 6) is 0.701. The summed E-state index contributed by atoms with van der Waals surface area (Å²) in [4.78, 5) is 2.19. The Balaban J connectivity index is 1.55. The van der Waals surface area contributed by atoms with Crippen LogP contribution in [0.1, 0.15) is 36.8 Å². The molecule has 1 N–H and O–H groups in total. The third-order valence-electron chi connectivity index (χ3n) is 5.31. The van der Waals surface area contributed by atoms with Crippen LogP contribution >= 0.6 is 23.2 Å². The maximum absolute atomic E-state index is 10.8. The largest absolute Gasteiger partial charge is 0.378 e. The van der Waals surface area contributed by atoms with Crippen molar-refractivity contribution in [1.82, 2.24) is 4.90 Å². The standard InChI is InChI=1S/C21H25Cl2NO/c1-15(18-7-8-19(22)20(23)14-18)21(25)24-11-9-17(10-12-24)13-16-5-3-2-4-6-16/h2-8,14-15,17,21,25H,9-13H2,1H3. The lowest BCUT2D eigenvalue weighted by molar-refractivity contribution is -0.0313. The van der Waals surface area contributed by atoms with Crippen LogP contribution in [0.5, 0.6) is 0 Å². The van der Waals surface area contributed by atoms with Crippen molar-refractivity contribution < 1.29 is 5.11 Å². The van der Waals surface area contributed by atoms with Crippen molar-refractivity contribution in [3.8, 4) is 0 Å². The van der Waals surface area contributed by atoms with Crippen LogP contribution in [0.25, 0.3) is 0 Å². The van der Waals surface area contributed by atoms with Crippen molar-refractivity contribution >= 4 is 23.2 Å². The first-order valence-electron chi connectivity index (χ1n) is 8.95. The van der Waals surface area contributed by atoms with Crippen molar-refractivity contribution in [1.29, 1.82) is 0 Å². The van der Waals surface area contributed by atoms with Crippen molar-refractivity contribution in [2.45, 2.75) is 38.3 Å². The Bertz CT molecular complexity index is 684. The molecule has 2 aromatic carbocycles. The molecule has 1 saturated heterocycles. The molecule has 0 aliphatic carbocycles. The molecule has 0 radical (unpaired) electrons. The van der Waals surface area contributed by atoms with Crippen molar-refractivity contribution in [2.75, 3.05) is 13.1 Å². The van der Waals surface area contributed by atoms with E-state index < -0.39 is 6.23 Å². The molecule has 2 atom stereocenters. The Morgan fingerprint density at radius 1 is 1.04 bits per heavy atom. The van der Waals surface area contributed by atoms with Gasteiger partial charge in [0.05, 0.1) is 10.0 Å². The van der Waals surface area contributed by atoms with Gasteiger partial charge in [0.25, 0.3) is 0 Å². The Kier molecular flexibility index (Phi) is 6.40. The number of halogens is 2. The highest BCUT2D eigenvalue weighted by Crippen LogP contribution is 2.31. The minimum Gasteiger partial charge on any atom is -0.378 e. The summed E-state index contributed by atoms with van der Waals surface area (Å²) in [5.41, 5.74) is 2.43. The van der Waals surface area contributed by atoms with Crippen LogP contribution in [0.15, 0.2) is 48.5 Å². The number of aliphatic hydroxyl groups is 1. The molecule has 25 heavy (non-hydrogen) atoms. The van der Waals surface area contributed by atoms with E-state index in [1.165, 1.54) is 5.56 Å². The highest BCUT2D eigenvalue weighted by atomic mass is 35.5. The van der Waals surface area contributed by atoms with Gasteiger partial charge in [0.15, 0.2) is 0 Å². The van der Waals surface area contributed by atoms with Crippen molar-refractivity contribution in [3.63, 3.8) is 0 Å². The van der Waals surface area contributed by atoms with Crippen LogP contribution in [-0.4, -0.2) is 29.3 Å². The van der Waals surface area contributed by atoms with E-state index >= 15 is 0 Å². The van der Waals surface area contributed by atoms with Crippen molar-refractivity contribution in [3.05, 3.63) is 69.7 Å². The van der Waals surface area contributed by atoms with E-state index in [9.17, 15) is 5.11 Å². The van der Waals surface area contributed by atoms with Gasteiger partial charge in [-0.2, -0.15) is 0 Å². The van der Waals surface area contributed by atoms with Gasteiger partial charge in [-0.05, 0) is 48.4 Å². The molecule has 0 aromatic heterocycles. The van der Waals surface area contributed by atoms with Crippen LogP contribution in [0.3, 0.4) is 0 Å². The molecule has 1 fully saturated rings. The average Bonchev–Trinajstić information content (AvgIpc) is 2.64. The lowest BCUT2D eigenvalue weighted by Gasteiger charge is -2.37. The normalized spacial score (nSPS) is 18.9. The highest BCUT2D eigenvalue weighted by molar-refractivity contribution is 6.42. The Labute approximate surface area is 160 Å². The van der Waals surface area contributed by atoms with Gasteiger partial charge in [0.2, 0.25) is 0 Å². The second-order valence-corrected chi connectivity index (χ2v) is 7.86. The highest BCUT2D eigenvalue weighted by Gasteiger charge is 2.28. The summed E-state index contributed by atoms with van der Waals surface area (Å²) in [7, 11) is 0. The number of likely N-dealkylation sites (tertiary alicyclic amines) is 1. The molecular formula is C21H25Cl2NO. The molecule has 4 heteroatoms. The van der Waals surface area contributed by atoms with Gasteiger partial charge < -0.3 is 5.11 Å². The van der Waals surface area contributed by atoms with E-state index in [0.717, 1.165) is 37.9 Å². The van der Waals surface area contributed by atoms with Gasteiger partial charge in [0.1, 0.15) is 6.23 Å². The first kappa shape index (κ1) is 18.7. The van der Waals surface area contributed by atoms with Crippen LogP contribution < -0.4 is 0 Å². The van der Waals surface area contributed by atoms with E-state index in [2.05, 4.69) is 35.2 Å². The molecular weight excluding hydrogens is 353 g/mol. The number of aliphatic hydroxyl groups excluding tert-OH is 1. The summed E-state index contributed by atoms with van der Waals surface area (Å²) < 4.78 is 0. The molecule has 2 nitrogen and oxygen atoms in total. The van der Waals surface area contributed by atoms with E-state index in [-0.39, 0.29) is 5.92 Å². The second kappa shape index (κ2) is 8.55. The zero-order chi connectivity index (χ0) is 17.8. The van der Waals surface area contributed by atoms with Crippen LogP contribution in [-0.2, 0) is 6.42 Å². The summed E-state index contributed by atoms with van der Waals surface area (Å²) in [6, 6.07) is 16.3. The fraction of sp³-hybridized carbons (Fsp3) is 0.429. The predicted molar refractivity (Wildman–Crippen MR) is 105 cm³/mol. The number of benzene rings is 2. The molecule has 0 spiro atoms. The topological polar surface area (TPSA) is 23.5 Å². The first-order valence-corrected chi connectivity index (χ1v) is 9.71. The number of hydrogen-bond donors (Lipinski definition) is 1. The minimum atomic E-state index is -0.491. The molecule has 2 aromatic rings. The number of piperidine rings is 1. The summed E-state index contributed by atoms with van der Waals surface area (Å²) >= 11 is 12.1. The van der Waals surface area contributed by atoms with Gasteiger partial charge in [-0.3, -0.25) is 4.90 Å². The lowest BCUT2D eigenvalue weighted by Crippen LogP contribution is -2.44. The molecule has 1 heterocycles. The van der Waals surface area contributed by atoms with Gasteiger partial charge >= 0.3 is 0 Å². The molecule has 134 valence electrons. The molecule has 0 bridgehead atoms. The minimum absolute atomic E-state index is 0.000407. The van der Waals surface area contributed by atoms with Crippen LogP contribution in [0.2, 0.25) is 10.0 Å². The third-order valence-corrected chi connectivity index (χ3v) is 6.05. The van der Waals surface area contributed by atoms with Gasteiger partial charge in [0, 0.05) is 19.0 Å². The van der Waals surface area contributed by atoms with E-state index in [1.54, 1.807) is 6.07 Å². The molecule has 1 aliphatic heterocycles. The first-order chi connectivity index (χ1) is 12.0. The van der Waals surface area contributed by atoms with E-state index in [0.29, 0.717) is 16.0 Å². The fourth-order valence-electron chi connectivity index (χ4n) is 3.65. The molecule has 1 aliphatic rings. The summed E-state index contributed by atoms with van der Waals surface area (Å²) in [6.07, 6.45) is 2.89. The van der Waals surface area contributed by atoms with Gasteiger partial charge in [-0.15, -0.1) is 0 Å². The quantitative estimate of drug-likeness (QED) is 0.756. The predicted octanol–water partition coefficient (Wildman–Crippen LogP) is 5.37. The Morgan fingerprint density at radius 3 is 2.36 bits per heavy atom. The van der Waals surface area contributed by atoms with Crippen LogP contribution in [0.4, 0.5) is 0 Å². The SMILES string of the molecule is CC(c1ccc(Cl)c(Cl)c1)C(O)N1CCC(Cc2ccccc2)CC1. The number of rotatable bonds is 5. The zero-order valence-electron chi connectivity index (χ0n) is 14.5. The smallest absolute Gasteiger partial charge is 0.114 e. The fourth-order valence-corrected chi connectivity index (χ4v) is 3.96. The van der Waals surface area contributed by atoms with E-state index in [4.69, 9.17) is 23.2 Å². The zero-order valence-corrected chi connectivity index (χ0v) is 16.0. The molecule has 3 rings (SSSR count). The van der Waals surface area contributed by atoms with Gasteiger partial charge in [-0.25, -0.2) is 0 Å². The maximum Gasteiger partial charge on any atom is 0.114 e. The summed E-state index contributed by atoms with van der Waals surface area (Å²) in [6.45, 7) is 3.91. The lowest BCUT2D eigenvalue weighted by atomic mass is 9.89. The molecule has 2 unspecified atom stereocenters. The number of hydrogen-bond acceptors (Lipinski definition) is 2. The second-order valence-electron chi connectivity index (χ2n) is 7.04. The molecule has 0 amide bonds. The number of nitrogens with zero attached hydrogens (tertiary/aromatic N) is 1. The third kappa shape index (κ3) is 4.77. The van der Waals surface area contributed by atoms with Crippen LogP contribution in [0, 0.1) is 5.92 Å². The monoisotopic (exact) mass is 377 g/mol.